The number of halogens is 1. The molecule has 1 aliphatic heterocycles. The first kappa shape index (κ1) is 18.2. The lowest BCUT2D eigenvalue weighted by molar-refractivity contribution is 0.260. The number of ether oxygens (including phenoxy) is 1. The predicted octanol–water partition coefficient (Wildman–Crippen LogP) is 4.49. The van der Waals surface area contributed by atoms with Gasteiger partial charge in [0, 0.05) is 24.2 Å². The van der Waals surface area contributed by atoms with Gasteiger partial charge in [-0.05, 0) is 61.3 Å². The van der Waals surface area contributed by atoms with Crippen LogP contribution in [0.1, 0.15) is 30.9 Å². The summed E-state index contributed by atoms with van der Waals surface area (Å²) in [5, 5.41) is 4.34. The summed E-state index contributed by atoms with van der Waals surface area (Å²) in [5.74, 6) is 0.886. The molecule has 0 saturated carbocycles. The molecule has 0 spiro atoms. The number of likely N-dealkylation sites (tertiary alicyclic amines) is 1. The largest absolute Gasteiger partial charge is 0.489 e. The Kier molecular flexibility index (Phi) is 6.74. The zero-order valence-corrected chi connectivity index (χ0v) is 15.6. The molecule has 134 valence electrons. The van der Waals surface area contributed by atoms with Crippen molar-refractivity contribution in [3.05, 3.63) is 64.7 Å². The van der Waals surface area contributed by atoms with Gasteiger partial charge in [-0.3, -0.25) is 4.90 Å². The first-order valence-electron chi connectivity index (χ1n) is 9.15. The summed E-state index contributed by atoms with van der Waals surface area (Å²) in [5.41, 5.74) is 2.37. The molecule has 3 nitrogen and oxygen atoms in total. The second-order valence-electron chi connectivity index (χ2n) is 6.62. The number of nitrogens with zero attached hydrogens (tertiary/aromatic N) is 1. The molecule has 1 saturated heterocycles. The topological polar surface area (TPSA) is 24.5 Å². The van der Waals surface area contributed by atoms with Crippen LogP contribution in [-0.4, -0.2) is 30.6 Å². The Balaban J connectivity index is 1.42. The number of benzene rings is 2. The maximum Gasteiger partial charge on any atom is 0.119 e. The smallest absolute Gasteiger partial charge is 0.119 e. The first-order chi connectivity index (χ1) is 12.2. The van der Waals surface area contributed by atoms with Crippen LogP contribution >= 0.6 is 11.6 Å². The van der Waals surface area contributed by atoms with Crippen LogP contribution in [0, 0.1) is 0 Å². The van der Waals surface area contributed by atoms with Crippen molar-refractivity contribution in [1.82, 2.24) is 10.2 Å². The van der Waals surface area contributed by atoms with E-state index in [1.807, 2.05) is 36.4 Å². The second-order valence-corrected chi connectivity index (χ2v) is 7.05. The fourth-order valence-corrected chi connectivity index (χ4v) is 3.64. The fourth-order valence-electron chi connectivity index (χ4n) is 3.42. The van der Waals surface area contributed by atoms with Crippen molar-refractivity contribution in [2.24, 2.45) is 0 Å². The van der Waals surface area contributed by atoms with Gasteiger partial charge >= 0.3 is 0 Å². The lowest BCUT2D eigenvalue weighted by atomic mass is 10.2. The van der Waals surface area contributed by atoms with Crippen molar-refractivity contribution in [3.8, 4) is 5.75 Å². The van der Waals surface area contributed by atoms with E-state index in [4.69, 9.17) is 16.3 Å². The predicted molar refractivity (Wildman–Crippen MR) is 104 cm³/mol. The third-order valence-electron chi connectivity index (χ3n) is 4.83. The summed E-state index contributed by atoms with van der Waals surface area (Å²) in [7, 11) is 0. The molecule has 0 aliphatic carbocycles. The molecule has 2 aromatic rings. The molecule has 1 heterocycles. The third-order valence-corrected chi connectivity index (χ3v) is 5.07. The minimum absolute atomic E-state index is 0.534. The lowest BCUT2D eigenvalue weighted by Crippen LogP contribution is -2.37. The van der Waals surface area contributed by atoms with Crippen LogP contribution in [-0.2, 0) is 13.2 Å². The monoisotopic (exact) mass is 358 g/mol. The Morgan fingerprint density at radius 1 is 1.16 bits per heavy atom. The Morgan fingerprint density at radius 2 is 2.00 bits per heavy atom. The summed E-state index contributed by atoms with van der Waals surface area (Å²) >= 11 is 6.00. The van der Waals surface area contributed by atoms with E-state index in [-0.39, 0.29) is 0 Å². The molecular weight excluding hydrogens is 332 g/mol. The van der Waals surface area contributed by atoms with Crippen molar-refractivity contribution < 1.29 is 4.74 Å². The van der Waals surface area contributed by atoms with Gasteiger partial charge in [0.1, 0.15) is 12.4 Å². The van der Waals surface area contributed by atoms with E-state index < -0.39 is 0 Å². The zero-order chi connectivity index (χ0) is 17.5. The third kappa shape index (κ3) is 5.46. The summed E-state index contributed by atoms with van der Waals surface area (Å²) in [6.07, 6.45) is 2.65. The molecular formula is C21H27ClN2O. The number of nitrogens with one attached hydrogen (secondary N) is 1. The highest BCUT2D eigenvalue weighted by Gasteiger charge is 2.21. The molecule has 1 N–H and O–H groups in total. The minimum Gasteiger partial charge on any atom is -0.489 e. The fraction of sp³-hybridized carbons (Fsp3) is 0.429. The number of likely N-dealkylation sites (N-methyl/N-ethyl adjacent to an activating group) is 1. The van der Waals surface area contributed by atoms with E-state index in [1.54, 1.807) is 0 Å². The number of rotatable bonds is 8. The quantitative estimate of drug-likeness (QED) is 0.752. The Bertz CT molecular complexity index is 659. The van der Waals surface area contributed by atoms with Gasteiger partial charge in [-0.1, -0.05) is 42.8 Å². The van der Waals surface area contributed by atoms with Crippen LogP contribution in [0.4, 0.5) is 0 Å². The maximum atomic E-state index is 6.00. The van der Waals surface area contributed by atoms with Crippen molar-refractivity contribution in [3.63, 3.8) is 0 Å². The molecule has 3 rings (SSSR count). The molecule has 1 unspecified atom stereocenters. The number of hydrogen-bond donors (Lipinski definition) is 1. The first-order valence-corrected chi connectivity index (χ1v) is 9.53. The molecule has 25 heavy (non-hydrogen) atoms. The average Bonchev–Trinajstić information content (AvgIpc) is 3.09. The zero-order valence-electron chi connectivity index (χ0n) is 14.9. The summed E-state index contributed by atoms with van der Waals surface area (Å²) < 4.78 is 5.83. The van der Waals surface area contributed by atoms with Crippen LogP contribution in [0.25, 0.3) is 0 Å². The highest BCUT2D eigenvalue weighted by molar-refractivity contribution is 6.30. The van der Waals surface area contributed by atoms with Crippen LogP contribution in [0.15, 0.2) is 48.5 Å². The summed E-state index contributed by atoms with van der Waals surface area (Å²) in [6, 6.07) is 16.8. The van der Waals surface area contributed by atoms with E-state index in [1.165, 1.54) is 24.9 Å². The van der Waals surface area contributed by atoms with E-state index >= 15 is 0 Å². The highest BCUT2D eigenvalue weighted by Crippen LogP contribution is 2.17. The molecule has 1 fully saturated rings. The molecule has 2 aromatic carbocycles. The van der Waals surface area contributed by atoms with Crippen LogP contribution in [0.3, 0.4) is 0 Å². The van der Waals surface area contributed by atoms with Gasteiger partial charge in [0.05, 0.1) is 0 Å². The Labute approximate surface area is 155 Å². The Morgan fingerprint density at radius 3 is 2.76 bits per heavy atom. The normalized spacial score (nSPS) is 17.8. The molecule has 0 bridgehead atoms. The van der Waals surface area contributed by atoms with Crippen LogP contribution < -0.4 is 10.1 Å². The molecule has 1 aliphatic rings. The van der Waals surface area contributed by atoms with Crippen LogP contribution in [0.5, 0.6) is 5.75 Å². The lowest BCUT2D eigenvalue weighted by Gasteiger charge is -2.23. The van der Waals surface area contributed by atoms with Gasteiger partial charge in [-0.25, -0.2) is 0 Å². The Hall–Kier alpha value is -1.55. The molecule has 4 heteroatoms. The molecule has 0 radical (unpaired) electrons. The van der Waals surface area contributed by atoms with Gasteiger partial charge < -0.3 is 10.1 Å². The van der Waals surface area contributed by atoms with Gasteiger partial charge in [0.2, 0.25) is 0 Å². The summed E-state index contributed by atoms with van der Waals surface area (Å²) in [6.45, 7) is 7.17. The van der Waals surface area contributed by atoms with Crippen molar-refractivity contribution in [2.75, 3.05) is 19.6 Å². The molecule has 1 atom stereocenters. The molecule has 0 aromatic heterocycles. The standard InChI is InChI=1S/C21H27ClN2O/c1-2-24-12-4-7-20(24)15-23-14-17-8-10-21(11-9-17)25-16-18-5-3-6-19(22)13-18/h3,5-6,8-11,13,20,23H,2,4,7,12,14-16H2,1H3. The van der Waals surface area contributed by atoms with E-state index in [9.17, 15) is 0 Å². The van der Waals surface area contributed by atoms with E-state index in [0.717, 1.165) is 36.0 Å². The SMILES string of the molecule is CCN1CCCC1CNCc1ccc(OCc2cccc(Cl)c2)cc1. The van der Waals surface area contributed by atoms with E-state index in [2.05, 4.69) is 29.3 Å². The summed E-state index contributed by atoms with van der Waals surface area (Å²) in [4.78, 5) is 2.57. The van der Waals surface area contributed by atoms with Gasteiger partial charge in [-0.15, -0.1) is 0 Å². The van der Waals surface area contributed by atoms with Gasteiger partial charge in [0.15, 0.2) is 0 Å². The van der Waals surface area contributed by atoms with Crippen molar-refractivity contribution >= 4 is 11.6 Å². The van der Waals surface area contributed by atoms with Crippen molar-refractivity contribution in [2.45, 2.75) is 39.0 Å². The van der Waals surface area contributed by atoms with Gasteiger partial charge in [0.25, 0.3) is 0 Å². The van der Waals surface area contributed by atoms with Gasteiger partial charge in [-0.2, -0.15) is 0 Å². The van der Waals surface area contributed by atoms with Crippen molar-refractivity contribution in [1.29, 1.82) is 0 Å². The van der Waals surface area contributed by atoms with E-state index in [0.29, 0.717) is 12.6 Å². The second kappa shape index (κ2) is 9.23. The number of hydrogen-bond acceptors (Lipinski definition) is 3. The average molecular weight is 359 g/mol. The maximum absolute atomic E-state index is 6.00. The highest BCUT2D eigenvalue weighted by atomic mass is 35.5. The molecule has 0 amide bonds. The van der Waals surface area contributed by atoms with Crippen LogP contribution in [0.2, 0.25) is 5.02 Å². The minimum atomic E-state index is 0.534.